The average Bonchev–Trinajstić information content (AvgIpc) is 2.75. The molecule has 1 aliphatic rings. The van der Waals surface area contributed by atoms with Crippen molar-refractivity contribution in [2.45, 2.75) is 13.0 Å². The van der Waals surface area contributed by atoms with Crippen LogP contribution in [0.15, 0.2) is 30.3 Å². The third-order valence-corrected chi connectivity index (χ3v) is 5.07. The van der Waals surface area contributed by atoms with E-state index < -0.39 is 5.97 Å². The first kappa shape index (κ1) is 20.8. The summed E-state index contributed by atoms with van der Waals surface area (Å²) in [7, 11) is 4.48. The van der Waals surface area contributed by atoms with Gasteiger partial charge in [0.05, 0.1) is 31.9 Å². The summed E-state index contributed by atoms with van der Waals surface area (Å²) >= 11 is 6.15. The van der Waals surface area contributed by atoms with Crippen molar-refractivity contribution in [2.75, 3.05) is 34.5 Å². The number of nitrogens with zero attached hydrogens (tertiary/aromatic N) is 1. The monoisotopic (exact) mass is 419 g/mol. The van der Waals surface area contributed by atoms with E-state index in [9.17, 15) is 9.59 Å². The van der Waals surface area contributed by atoms with Gasteiger partial charge in [0.2, 0.25) is 0 Å². The number of ether oxygens (including phenoxy) is 4. The van der Waals surface area contributed by atoms with Crippen LogP contribution in [0, 0.1) is 0 Å². The smallest absolute Gasteiger partial charge is 0.337 e. The van der Waals surface area contributed by atoms with Crippen LogP contribution >= 0.6 is 11.6 Å². The Labute approximate surface area is 174 Å². The molecule has 2 aromatic carbocycles. The Morgan fingerprint density at radius 1 is 1.00 bits per heavy atom. The third-order valence-electron chi connectivity index (χ3n) is 4.77. The van der Waals surface area contributed by atoms with Gasteiger partial charge in [-0.1, -0.05) is 11.6 Å². The molecule has 1 aliphatic heterocycles. The summed E-state index contributed by atoms with van der Waals surface area (Å²) in [5.41, 5.74) is 2.46. The molecule has 0 unspecified atom stereocenters. The second-order valence-corrected chi connectivity index (χ2v) is 6.87. The van der Waals surface area contributed by atoms with Crippen LogP contribution < -0.4 is 14.2 Å². The van der Waals surface area contributed by atoms with E-state index in [4.69, 9.17) is 25.8 Å². The lowest BCUT2D eigenvalue weighted by molar-refractivity contribution is -0.134. The molecule has 154 valence electrons. The number of halogens is 1. The van der Waals surface area contributed by atoms with Gasteiger partial charge in [-0.3, -0.25) is 4.79 Å². The topological polar surface area (TPSA) is 74.3 Å². The van der Waals surface area contributed by atoms with Gasteiger partial charge in [0, 0.05) is 13.1 Å². The van der Waals surface area contributed by atoms with Crippen LogP contribution in [0.1, 0.15) is 21.5 Å². The largest absolute Gasteiger partial charge is 0.493 e. The quantitative estimate of drug-likeness (QED) is 0.670. The fraction of sp³-hybridized carbons (Fsp3) is 0.333. The Bertz CT molecular complexity index is 930. The number of hydrogen-bond donors (Lipinski definition) is 0. The molecule has 1 amide bonds. The first-order valence-corrected chi connectivity index (χ1v) is 9.36. The number of benzene rings is 2. The predicted octanol–water partition coefficient (Wildman–Crippen LogP) is 3.11. The highest BCUT2D eigenvalue weighted by atomic mass is 35.5. The number of carbonyl (C=O) groups excluding carboxylic acids is 2. The number of methoxy groups -OCH3 is 3. The number of hydrogen-bond acceptors (Lipinski definition) is 6. The second kappa shape index (κ2) is 9.05. The van der Waals surface area contributed by atoms with Gasteiger partial charge in [0.1, 0.15) is 5.75 Å². The van der Waals surface area contributed by atoms with E-state index in [1.165, 1.54) is 19.2 Å². The van der Waals surface area contributed by atoms with Gasteiger partial charge in [-0.05, 0) is 47.9 Å². The number of carbonyl (C=O) groups is 2. The van der Waals surface area contributed by atoms with Crippen LogP contribution in [-0.2, 0) is 22.5 Å². The van der Waals surface area contributed by atoms with Gasteiger partial charge in [-0.15, -0.1) is 0 Å². The standard InChI is InChI=1S/C21H22ClNO6/c1-26-18-9-13-6-7-23(11-15(13)10-19(18)27-2)20(24)12-29-17-5-4-14(8-16(17)22)21(25)28-3/h4-5,8-10H,6-7,11-12H2,1-3H3. The lowest BCUT2D eigenvalue weighted by Crippen LogP contribution is -2.38. The Morgan fingerprint density at radius 3 is 2.31 bits per heavy atom. The van der Waals surface area contributed by atoms with Crippen molar-refractivity contribution < 1.29 is 28.5 Å². The maximum Gasteiger partial charge on any atom is 0.337 e. The first-order chi connectivity index (χ1) is 14.0. The van der Waals surface area contributed by atoms with Crippen molar-refractivity contribution in [3.63, 3.8) is 0 Å². The van der Waals surface area contributed by atoms with Gasteiger partial charge in [0.25, 0.3) is 5.91 Å². The molecule has 7 nitrogen and oxygen atoms in total. The maximum absolute atomic E-state index is 12.6. The van der Waals surface area contributed by atoms with E-state index in [2.05, 4.69) is 4.74 Å². The Morgan fingerprint density at radius 2 is 1.69 bits per heavy atom. The summed E-state index contributed by atoms with van der Waals surface area (Å²) in [5.74, 6) is 0.997. The van der Waals surface area contributed by atoms with Crippen molar-refractivity contribution >= 4 is 23.5 Å². The fourth-order valence-corrected chi connectivity index (χ4v) is 3.42. The van der Waals surface area contributed by atoms with Crippen molar-refractivity contribution in [3.8, 4) is 17.2 Å². The molecule has 2 aromatic rings. The summed E-state index contributed by atoms with van der Waals surface area (Å²) in [5, 5.41) is 0.238. The van der Waals surface area contributed by atoms with E-state index in [0.29, 0.717) is 35.9 Å². The Kier molecular flexibility index (Phi) is 6.49. The van der Waals surface area contributed by atoms with Gasteiger partial charge in [-0.2, -0.15) is 0 Å². The average molecular weight is 420 g/mol. The number of fused-ring (bicyclic) bond motifs is 1. The van der Waals surface area contributed by atoms with Gasteiger partial charge < -0.3 is 23.8 Å². The molecule has 0 bridgehead atoms. The Hall–Kier alpha value is -2.93. The summed E-state index contributed by atoms with van der Waals surface area (Å²) in [4.78, 5) is 25.9. The molecule has 1 heterocycles. The molecule has 29 heavy (non-hydrogen) atoms. The highest BCUT2D eigenvalue weighted by Gasteiger charge is 2.23. The lowest BCUT2D eigenvalue weighted by Gasteiger charge is -2.29. The van der Waals surface area contributed by atoms with Crippen molar-refractivity contribution in [3.05, 3.63) is 52.0 Å². The van der Waals surface area contributed by atoms with Crippen LogP contribution in [0.25, 0.3) is 0 Å². The SMILES string of the molecule is COC(=O)c1ccc(OCC(=O)N2CCc3cc(OC)c(OC)cc3C2)c(Cl)c1. The summed E-state index contributed by atoms with van der Waals surface area (Å²) in [6.07, 6.45) is 0.718. The van der Waals surface area contributed by atoms with E-state index in [1.54, 1.807) is 25.2 Å². The Balaban J connectivity index is 1.65. The zero-order chi connectivity index (χ0) is 21.0. The summed E-state index contributed by atoms with van der Waals surface area (Å²) in [6.45, 7) is 0.895. The minimum atomic E-state index is -0.492. The number of esters is 1. The minimum Gasteiger partial charge on any atom is -0.493 e. The second-order valence-electron chi connectivity index (χ2n) is 6.47. The lowest BCUT2D eigenvalue weighted by atomic mass is 9.99. The number of rotatable bonds is 6. The van der Waals surface area contributed by atoms with E-state index in [0.717, 1.165) is 17.5 Å². The molecule has 0 atom stereocenters. The van der Waals surface area contributed by atoms with Crippen molar-refractivity contribution in [1.29, 1.82) is 0 Å². The molecule has 0 saturated carbocycles. The van der Waals surface area contributed by atoms with E-state index in [1.807, 2.05) is 12.1 Å². The van der Waals surface area contributed by atoms with Crippen LogP contribution in [0.4, 0.5) is 0 Å². The first-order valence-electron chi connectivity index (χ1n) is 8.99. The van der Waals surface area contributed by atoms with Crippen LogP contribution in [0.3, 0.4) is 0 Å². The summed E-state index contributed by atoms with van der Waals surface area (Å²) < 4.78 is 20.9. The normalized spacial score (nSPS) is 12.8. The molecular formula is C21H22ClNO6. The zero-order valence-electron chi connectivity index (χ0n) is 16.5. The zero-order valence-corrected chi connectivity index (χ0v) is 17.2. The molecule has 0 saturated heterocycles. The van der Waals surface area contributed by atoms with Crippen molar-refractivity contribution in [1.82, 2.24) is 4.90 Å². The highest BCUT2D eigenvalue weighted by molar-refractivity contribution is 6.32. The molecule has 0 aromatic heterocycles. The summed E-state index contributed by atoms with van der Waals surface area (Å²) in [6, 6.07) is 8.38. The van der Waals surface area contributed by atoms with Crippen LogP contribution in [0.2, 0.25) is 5.02 Å². The van der Waals surface area contributed by atoms with E-state index >= 15 is 0 Å². The molecular weight excluding hydrogens is 398 g/mol. The molecule has 8 heteroatoms. The maximum atomic E-state index is 12.6. The van der Waals surface area contributed by atoms with Gasteiger partial charge in [-0.25, -0.2) is 4.79 Å². The predicted molar refractivity (Wildman–Crippen MR) is 107 cm³/mol. The molecule has 3 rings (SSSR count). The van der Waals surface area contributed by atoms with Gasteiger partial charge in [0.15, 0.2) is 18.1 Å². The van der Waals surface area contributed by atoms with Crippen molar-refractivity contribution in [2.24, 2.45) is 0 Å². The molecule has 0 N–H and O–H groups in total. The van der Waals surface area contributed by atoms with Gasteiger partial charge >= 0.3 is 5.97 Å². The molecule has 0 radical (unpaired) electrons. The molecule has 0 spiro atoms. The molecule has 0 fully saturated rings. The number of amides is 1. The van der Waals surface area contributed by atoms with Crippen LogP contribution in [-0.4, -0.2) is 51.3 Å². The third kappa shape index (κ3) is 4.56. The highest BCUT2D eigenvalue weighted by Crippen LogP contribution is 2.33. The van der Waals surface area contributed by atoms with E-state index in [-0.39, 0.29) is 17.5 Å². The fourth-order valence-electron chi connectivity index (χ4n) is 3.19. The minimum absolute atomic E-state index is 0.153. The van der Waals surface area contributed by atoms with Crippen LogP contribution in [0.5, 0.6) is 17.2 Å². The molecule has 0 aliphatic carbocycles.